The highest BCUT2D eigenvalue weighted by atomic mass is 32.2. The number of hydrogen-bond donors (Lipinski definition) is 1. The second-order valence-corrected chi connectivity index (χ2v) is 9.95. The lowest BCUT2D eigenvalue weighted by Crippen LogP contribution is -2.26. The predicted molar refractivity (Wildman–Crippen MR) is 123 cm³/mol. The number of fused-ring (bicyclic) bond motifs is 2. The highest BCUT2D eigenvalue weighted by Gasteiger charge is 2.35. The maximum Gasteiger partial charge on any atom is 0.339 e. The number of carbonyl (C=O) groups excluding carboxylic acids is 4. The van der Waals surface area contributed by atoms with E-state index in [1.54, 1.807) is 19.9 Å². The van der Waals surface area contributed by atoms with E-state index < -0.39 is 39.4 Å². The maximum absolute atomic E-state index is 13.1. The zero-order chi connectivity index (χ0) is 25.7. The summed E-state index contributed by atoms with van der Waals surface area (Å²) < 4.78 is 36.2. The number of aryl methyl sites for hydroxylation is 1. The Balaban J connectivity index is 1.61. The molecule has 0 amide bonds. The van der Waals surface area contributed by atoms with Crippen molar-refractivity contribution in [3.63, 3.8) is 0 Å². The summed E-state index contributed by atoms with van der Waals surface area (Å²) in [6.07, 6.45) is -1.25. The van der Waals surface area contributed by atoms with Crippen LogP contribution in [0, 0.1) is 13.8 Å². The van der Waals surface area contributed by atoms with Gasteiger partial charge in [0.25, 0.3) is 0 Å². The Kier molecular flexibility index (Phi) is 5.93. The molecule has 1 atom stereocenters. The van der Waals surface area contributed by atoms with Crippen LogP contribution in [0.1, 0.15) is 65.3 Å². The number of carbonyl (C=O) groups is 4. The van der Waals surface area contributed by atoms with Crippen LogP contribution in [-0.4, -0.2) is 50.1 Å². The molecule has 1 unspecified atom stereocenters. The van der Waals surface area contributed by atoms with E-state index in [0.29, 0.717) is 11.3 Å². The maximum atomic E-state index is 13.1. The molecule has 0 bridgehead atoms. The van der Waals surface area contributed by atoms with Crippen LogP contribution in [0.3, 0.4) is 0 Å². The average molecular weight is 496 g/mol. The van der Waals surface area contributed by atoms with Crippen LogP contribution in [0.5, 0.6) is 0 Å². The molecule has 1 N–H and O–H groups in total. The molecule has 9 nitrogen and oxygen atoms in total. The molecule has 1 aromatic heterocycles. The van der Waals surface area contributed by atoms with Crippen molar-refractivity contribution in [3.8, 4) is 0 Å². The number of hydrogen-bond acceptors (Lipinski definition) is 8. The van der Waals surface area contributed by atoms with Crippen LogP contribution in [-0.2, 0) is 19.3 Å². The van der Waals surface area contributed by atoms with Gasteiger partial charge in [-0.15, -0.1) is 0 Å². The molecular formula is C25H21NO8S. The van der Waals surface area contributed by atoms with Crippen molar-refractivity contribution in [2.75, 3.05) is 7.11 Å². The predicted octanol–water partition coefficient (Wildman–Crippen LogP) is 3.22. The largest absolute Gasteiger partial charge is 0.465 e. The molecule has 0 fully saturated rings. The number of Topliss-reactive ketones (excluding diaryl/α,β-unsaturated/α-hetero) is 1. The van der Waals surface area contributed by atoms with E-state index in [-0.39, 0.29) is 37.7 Å². The first kappa shape index (κ1) is 24.1. The molecule has 0 aliphatic carbocycles. The van der Waals surface area contributed by atoms with Gasteiger partial charge < -0.3 is 14.5 Å². The second kappa shape index (κ2) is 8.62. The molecule has 0 spiro atoms. The Bertz CT molecular complexity index is 1530. The zero-order valence-corrected chi connectivity index (χ0v) is 20.1. The van der Waals surface area contributed by atoms with Gasteiger partial charge in [-0.3, -0.25) is 9.59 Å². The number of aromatic nitrogens is 1. The highest BCUT2D eigenvalue weighted by Crippen LogP contribution is 2.35. The number of esters is 2. The minimum absolute atomic E-state index is 0.0443. The van der Waals surface area contributed by atoms with Crippen molar-refractivity contribution in [3.05, 3.63) is 81.7 Å². The van der Waals surface area contributed by atoms with Crippen molar-refractivity contribution in [1.82, 2.24) is 4.98 Å². The molecule has 1 aliphatic heterocycles. The lowest BCUT2D eigenvalue weighted by molar-refractivity contribution is 0.0316. The van der Waals surface area contributed by atoms with E-state index in [0.717, 1.165) is 6.07 Å². The van der Waals surface area contributed by atoms with Crippen LogP contribution in [0.2, 0.25) is 0 Å². The number of ether oxygens (including phenoxy) is 2. The van der Waals surface area contributed by atoms with Crippen molar-refractivity contribution in [2.24, 2.45) is 0 Å². The summed E-state index contributed by atoms with van der Waals surface area (Å²) in [5.74, 6) is -2.59. The van der Waals surface area contributed by atoms with E-state index in [1.165, 1.54) is 44.4 Å². The van der Waals surface area contributed by atoms with E-state index in [4.69, 9.17) is 9.47 Å². The lowest BCUT2D eigenvalue weighted by Gasteiger charge is -2.19. The molecule has 0 saturated heterocycles. The van der Waals surface area contributed by atoms with E-state index in [1.807, 2.05) is 0 Å². The van der Waals surface area contributed by atoms with Gasteiger partial charge in [-0.1, -0.05) is 12.1 Å². The summed E-state index contributed by atoms with van der Waals surface area (Å²) in [4.78, 5) is 52.9. The van der Waals surface area contributed by atoms with E-state index in [2.05, 4.69) is 4.98 Å². The summed E-state index contributed by atoms with van der Waals surface area (Å²) in [6, 6.07) is 9.47. The number of sulfone groups is 1. The Morgan fingerprint density at radius 1 is 0.943 bits per heavy atom. The molecule has 0 radical (unpaired) electrons. The first-order chi connectivity index (χ1) is 16.5. The first-order valence-corrected chi connectivity index (χ1v) is 12.0. The number of methoxy groups -OCH3 is 1. The molecule has 3 aromatic rings. The van der Waals surface area contributed by atoms with Crippen LogP contribution < -0.4 is 0 Å². The van der Waals surface area contributed by atoms with Gasteiger partial charge in [-0.2, -0.15) is 0 Å². The van der Waals surface area contributed by atoms with Gasteiger partial charge in [-0.25, -0.2) is 18.0 Å². The fourth-order valence-corrected chi connectivity index (χ4v) is 5.78. The van der Waals surface area contributed by atoms with Gasteiger partial charge in [0.15, 0.2) is 11.9 Å². The molecule has 10 heteroatoms. The summed E-state index contributed by atoms with van der Waals surface area (Å²) in [6.45, 7) is 4.54. The topological polar surface area (TPSA) is 137 Å². The van der Waals surface area contributed by atoms with Gasteiger partial charge in [0, 0.05) is 16.8 Å². The van der Waals surface area contributed by atoms with Gasteiger partial charge in [0.2, 0.25) is 15.6 Å². The zero-order valence-electron chi connectivity index (χ0n) is 19.3. The molecular weight excluding hydrogens is 474 g/mol. The van der Waals surface area contributed by atoms with Crippen molar-refractivity contribution < 1.29 is 37.1 Å². The van der Waals surface area contributed by atoms with E-state index >= 15 is 0 Å². The number of H-pyrrole nitrogens is 1. The third kappa shape index (κ3) is 3.85. The monoisotopic (exact) mass is 495 g/mol. The lowest BCUT2D eigenvalue weighted by atomic mass is 10.0. The quantitative estimate of drug-likeness (QED) is 0.329. The van der Waals surface area contributed by atoms with Crippen LogP contribution >= 0.6 is 0 Å². The number of rotatable bonds is 5. The molecule has 1 aliphatic rings. The highest BCUT2D eigenvalue weighted by molar-refractivity contribution is 7.91. The standard InChI is InChI=1S/C25H21NO8S/c1-12-20(25(30)33-4)13(2)26-21(12)22(27)14(3)34-24(29)15-9-10-17-19(11-15)35(31,32)18-8-6-5-7-16(18)23(17)28/h5-11,14,26H,1-4H3. The average Bonchev–Trinajstić information content (AvgIpc) is 3.14. The van der Waals surface area contributed by atoms with Crippen molar-refractivity contribution >= 4 is 33.3 Å². The molecule has 4 rings (SSSR count). The Morgan fingerprint density at radius 3 is 2.29 bits per heavy atom. The van der Waals surface area contributed by atoms with Crippen LogP contribution in [0.4, 0.5) is 0 Å². The number of ketones is 2. The SMILES string of the molecule is COC(=O)c1c(C)[nH]c(C(=O)C(C)OC(=O)c2ccc3c(c2)S(=O)(=O)c2ccccc2C3=O)c1C. The summed E-state index contributed by atoms with van der Waals surface area (Å²) in [5, 5.41) is 0. The van der Waals surface area contributed by atoms with E-state index in [9.17, 15) is 27.6 Å². The number of benzene rings is 2. The Morgan fingerprint density at radius 2 is 1.60 bits per heavy atom. The minimum Gasteiger partial charge on any atom is -0.465 e. The summed E-state index contributed by atoms with van der Waals surface area (Å²) >= 11 is 0. The van der Waals surface area contributed by atoms with Gasteiger partial charge >= 0.3 is 11.9 Å². The Labute approximate surface area is 201 Å². The normalized spacial score (nSPS) is 14.5. The van der Waals surface area contributed by atoms with Gasteiger partial charge in [-0.05, 0) is 56.7 Å². The van der Waals surface area contributed by atoms with Crippen molar-refractivity contribution in [2.45, 2.75) is 36.7 Å². The first-order valence-electron chi connectivity index (χ1n) is 10.5. The Hall–Kier alpha value is -4.05. The number of aromatic amines is 1. The molecule has 2 heterocycles. The molecule has 35 heavy (non-hydrogen) atoms. The van der Waals surface area contributed by atoms with Gasteiger partial charge in [0.1, 0.15) is 0 Å². The smallest absolute Gasteiger partial charge is 0.339 e. The third-order valence-electron chi connectivity index (χ3n) is 5.90. The minimum atomic E-state index is -4.04. The summed E-state index contributed by atoms with van der Waals surface area (Å²) in [7, 11) is -2.81. The fraction of sp³-hybridized carbons (Fsp3) is 0.200. The summed E-state index contributed by atoms with van der Waals surface area (Å²) in [5.41, 5.74) is 1.00. The fourth-order valence-electron chi connectivity index (χ4n) is 4.10. The second-order valence-electron chi connectivity index (χ2n) is 8.07. The van der Waals surface area contributed by atoms with Crippen molar-refractivity contribution in [1.29, 1.82) is 0 Å². The van der Waals surface area contributed by atoms with Crippen LogP contribution in [0.25, 0.3) is 0 Å². The number of nitrogens with one attached hydrogen (secondary N) is 1. The molecule has 0 saturated carbocycles. The molecule has 180 valence electrons. The molecule has 2 aromatic carbocycles. The third-order valence-corrected chi connectivity index (χ3v) is 7.75. The van der Waals surface area contributed by atoms with Gasteiger partial charge in [0.05, 0.1) is 33.7 Å². The van der Waals surface area contributed by atoms with Crippen LogP contribution in [0.15, 0.2) is 52.3 Å².